The highest BCUT2D eigenvalue weighted by Crippen LogP contribution is 2.31. The van der Waals surface area contributed by atoms with Gasteiger partial charge in [0.15, 0.2) is 0 Å². The monoisotopic (exact) mass is 299 g/mol. The van der Waals surface area contributed by atoms with E-state index in [-0.39, 0.29) is 6.61 Å². The molecular formula is C12H10ClNO2S2. The third-order valence-electron chi connectivity index (χ3n) is 2.07. The van der Waals surface area contributed by atoms with Crippen LogP contribution in [0.15, 0.2) is 29.1 Å². The maximum Gasteiger partial charge on any atom is 0.350 e. The molecule has 0 aliphatic rings. The zero-order valence-electron chi connectivity index (χ0n) is 9.60. The van der Waals surface area contributed by atoms with Crippen LogP contribution in [0.1, 0.15) is 15.4 Å². The van der Waals surface area contributed by atoms with E-state index in [1.807, 2.05) is 17.5 Å². The maximum atomic E-state index is 11.8. The Hall–Kier alpha value is -1.17. The Morgan fingerprint density at radius 1 is 1.61 bits per heavy atom. The lowest BCUT2D eigenvalue weighted by molar-refractivity contribution is 0.0551. The highest BCUT2D eigenvalue weighted by Gasteiger charge is 2.17. The number of thiazole rings is 1. The summed E-state index contributed by atoms with van der Waals surface area (Å²) in [6, 6.07) is 3.92. The lowest BCUT2D eigenvalue weighted by Gasteiger charge is -2.00. The van der Waals surface area contributed by atoms with Crippen LogP contribution in [0.2, 0.25) is 0 Å². The van der Waals surface area contributed by atoms with E-state index in [9.17, 15) is 4.79 Å². The molecule has 0 atom stereocenters. The average Bonchev–Trinajstić information content (AvgIpc) is 2.94. The van der Waals surface area contributed by atoms with Crippen molar-refractivity contribution >= 4 is 40.2 Å². The van der Waals surface area contributed by atoms with E-state index in [2.05, 4.69) is 11.6 Å². The van der Waals surface area contributed by atoms with Crippen LogP contribution >= 0.6 is 34.3 Å². The minimum Gasteiger partial charge on any atom is -0.456 e. The van der Waals surface area contributed by atoms with Crippen molar-refractivity contribution in [1.82, 2.24) is 4.98 Å². The number of hydrogen-bond donors (Lipinski definition) is 0. The molecule has 0 saturated carbocycles. The topological polar surface area (TPSA) is 39.2 Å². The van der Waals surface area contributed by atoms with Gasteiger partial charge >= 0.3 is 5.97 Å². The first-order valence-corrected chi connectivity index (χ1v) is 7.17. The molecule has 0 aromatic carbocycles. The molecule has 2 heterocycles. The predicted molar refractivity (Wildman–Crippen MR) is 75.4 cm³/mol. The number of carbonyl (C=O) groups is 1. The molecule has 0 amide bonds. The van der Waals surface area contributed by atoms with Crippen molar-refractivity contribution in [2.24, 2.45) is 0 Å². The van der Waals surface area contributed by atoms with Gasteiger partial charge in [-0.1, -0.05) is 24.2 Å². The normalized spacial score (nSPS) is 10.3. The number of ether oxygens (including phenoxy) is 1. The number of halogens is 1. The van der Waals surface area contributed by atoms with Crippen molar-refractivity contribution in [1.29, 1.82) is 0 Å². The van der Waals surface area contributed by atoms with E-state index < -0.39 is 5.97 Å². The third kappa shape index (κ3) is 2.98. The number of nitrogens with zero attached hydrogens (tertiary/aromatic N) is 1. The van der Waals surface area contributed by atoms with E-state index in [1.54, 1.807) is 18.3 Å². The summed E-state index contributed by atoms with van der Waals surface area (Å²) in [5.74, 6) is -0.408. The largest absolute Gasteiger partial charge is 0.456 e. The molecule has 0 unspecified atom stereocenters. The van der Waals surface area contributed by atoms with Crippen molar-refractivity contribution in [3.05, 3.63) is 39.7 Å². The van der Waals surface area contributed by atoms with Crippen molar-refractivity contribution in [3.8, 4) is 9.88 Å². The van der Waals surface area contributed by atoms with Crippen molar-refractivity contribution in [2.75, 3.05) is 6.61 Å². The van der Waals surface area contributed by atoms with E-state index in [1.165, 1.54) is 11.3 Å². The molecule has 0 bridgehead atoms. The summed E-state index contributed by atoms with van der Waals surface area (Å²) in [6.45, 7) is 5.28. The first kappa shape index (κ1) is 13.3. The number of hydrogen-bond acceptors (Lipinski definition) is 5. The highest BCUT2D eigenvalue weighted by molar-refractivity contribution is 7.22. The molecule has 0 saturated heterocycles. The molecule has 18 heavy (non-hydrogen) atoms. The summed E-state index contributed by atoms with van der Waals surface area (Å²) >= 11 is 8.47. The van der Waals surface area contributed by atoms with Crippen molar-refractivity contribution < 1.29 is 9.53 Å². The van der Waals surface area contributed by atoms with E-state index in [0.29, 0.717) is 15.6 Å². The Morgan fingerprint density at radius 3 is 3.00 bits per heavy atom. The fraction of sp³-hybridized carbons (Fsp3) is 0.167. The van der Waals surface area contributed by atoms with Crippen LogP contribution in [0.4, 0.5) is 0 Å². The van der Waals surface area contributed by atoms with E-state index >= 15 is 0 Å². The third-order valence-corrected chi connectivity index (χ3v) is 4.36. The van der Waals surface area contributed by atoms with Gasteiger partial charge in [-0.2, -0.15) is 0 Å². The van der Waals surface area contributed by atoms with E-state index in [4.69, 9.17) is 16.3 Å². The molecule has 2 aromatic rings. The Bertz CT molecular complexity index is 575. The Labute approximate surface area is 118 Å². The summed E-state index contributed by atoms with van der Waals surface area (Å²) in [5.41, 5.74) is 0.675. The summed E-state index contributed by atoms with van der Waals surface area (Å²) in [4.78, 5) is 17.7. The lowest BCUT2D eigenvalue weighted by atomic mass is 10.4. The molecule has 0 aliphatic carbocycles. The van der Waals surface area contributed by atoms with Gasteiger partial charge in [0.2, 0.25) is 0 Å². The molecule has 94 valence electrons. The molecule has 0 spiro atoms. The Kier molecular flexibility index (Phi) is 4.16. The predicted octanol–water partition coefficient (Wildman–Crippen LogP) is 4.09. The Balaban J connectivity index is 2.19. The van der Waals surface area contributed by atoms with Gasteiger partial charge in [-0.15, -0.1) is 22.7 Å². The summed E-state index contributed by atoms with van der Waals surface area (Å²) in [5, 5.41) is 3.10. The standard InChI is InChI=1S/C12H10ClNO2S2/c1-7(13)6-16-12(15)10-8(2)14-11(18-10)9-4-3-5-17-9/h3-5H,1,6H2,2H3. The lowest BCUT2D eigenvalue weighted by Crippen LogP contribution is -2.05. The number of aromatic nitrogens is 1. The molecule has 0 fully saturated rings. The van der Waals surface area contributed by atoms with Gasteiger partial charge in [0.25, 0.3) is 0 Å². The number of esters is 1. The second-order valence-electron chi connectivity index (χ2n) is 3.50. The number of aryl methyl sites for hydroxylation is 1. The highest BCUT2D eigenvalue weighted by atomic mass is 35.5. The van der Waals surface area contributed by atoms with Gasteiger partial charge < -0.3 is 4.74 Å². The quantitative estimate of drug-likeness (QED) is 0.798. The molecule has 0 N–H and O–H groups in total. The fourth-order valence-electron chi connectivity index (χ4n) is 1.30. The van der Waals surface area contributed by atoms with Crippen molar-refractivity contribution in [3.63, 3.8) is 0 Å². The fourth-order valence-corrected chi connectivity index (χ4v) is 3.11. The van der Waals surface area contributed by atoms with Crippen LogP contribution in [-0.4, -0.2) is 17.6 Å². The second-order valence-corrected chi connectivity index (χ2v) is 5.99. The second kappa shape index (κ2) is 5.65. The van der Waals surface area contributed by atoms with E-state index in [0.717, 1.165) is 9.88 Å². The van der Waals surface area contributed by atoms with Crippen LogP contribution in [0.5, 0.6) is 0 Å². The van der Waals surface area contributed by atoms with Crippen LogP contribution in [0.3, 0.4) is 0 Å². The summed E-state index contributed by atoms with van der Waals surface area (Å²) in [6.07, 6.45) is 0. The first-order valence-electron chi connectivity index (χ1n) is 5.09. The minimum absolute atomic E-state index is 0.0199. The first-order chi connectivity index (χ1) is 8.58. The SMILES string of the molecule is C=C(Cl)COC(=O)c1sc(-c2cccs2)nc1C. The molecule has 0 radical (unpaired) electrons. The molecule has 3 nitrogen and oxygen atoms in total. The average molecular weight is 300 g/mol. The molecule has 0 aliphatic heterocycles. The van der Waals surface area contributed by atoms with Crippen LogP contribution in [0, 0.1) is 6.92 Å². The number of carbonyl (C=O) groups excluding carboxylic acids is 1. The van der Waals surface area contributed by atoms with Gasteiger partial charge in [0.05, 0.1) is 10.6 Å². The Morgan fingerprint density at radius 2 is 2.39 bits per heavy atom. The van der Waals surface area contributed by atoms with Gasteiger partial charge in [-0.05, 0) is 18.4 Å². The van der Waals surface area contributed by atoms with Gasteiger partial charge in [-0.3, -0.25) is 0 Å². The van der Waals surface area contributed by atoms with Crippen LogP contribution in [-0.2, 0) is 4.74 Å². The summed E-state index contributed by atoms with van der Waals surface area (Å²) in [7, 11) is 0. The van der Waals surface area contributed by atoms with Gasteiger partial charge in [0, 0.05) is 5.03 Å². The molecule has 6 heteroatoms. The van der Waals surface area contributed by atoms with Crippen molar-refractivity contribution in [2.45, 2.75) is 6.92 Å². The molecular weight excluding hydrogens is 290 g/mol. The van der Waals surface area contributed by atoms with Crippen LogP contribution < -0.4 is 0 Å². The van der Waals surface area contributed by atoms with Crippen LogP contribution in [0.25, 0.3) is 9.88 Å². The summed E-state index contributed by atoms with van der Waals surface area (Å²) < 4.78 is 5.00. The molecule has 2 aromatic heterocycles. The minimum atomic E-state index is -0.408. The molecule has 2 rings (SSSR count). The van der Waals surface area contributed by atoms with Gasteiger partial charge in [0.1, 0.15) is 16.5 Å². The van der Waals surface area contributed by atoms with Gasteiger partial charge in [-0.25, -0.2) is 9.78 Å². The smallest absolute Gasteiger partial charge is 0.350 e. The maximum absolute atomic E-state index is 11.8. The zero-order chi connectivity index (χ0) is 13.1. The number of rotatable bonds is 4. The zero-order valence-corrected chi connectivity index (χ0v) is 12.0. The number of thiophene rings is 1.